The van der Waals surface area contributed by atoms with Crippen molar-refractivity contribution in [2.24, 2.45) is 0 Å². The predicted octanol–water partition coefficient (Wildman–Crippen LogP) is 2.76. The van der Waals surface area contributed by atoms with Crippen molar-refractivity contribution >= 4 is 17.7 Å². The van der Waals surface area contributed by atoms with Gasteiger partial charge in [0.1, 0.15) is 0 Å². The Bertz CT molecular complexity index is 741. The molecule has 2 heterocycles. The van der Waals surface area contributed by atoms with Gasteiger partial charge in [0.05, 0.1) is 0 Å². The monoisotopic (exact) mass is 337 g/mol. The van der Waals surface area contributed by atoms with Crippen LogP contribution in [0.1, 0.15) is 30.4 Å². The maximum Gasteiger partial charge on any atom is 0.319 e. The third-order valence-electron chi connectivity index (χ3n) is 5.02. The first-order valence-electron chi connectivity index (χ1n) is 8.99. The molecule has 1 fully saturated rings. The molecule has 0 unspecified atom stereocenters. The van der Waals surface area contributed by atoms with Gasteiger partial charge in [0.15, 0.2) is 0 Å². The standard InChI is InChI=1S/C19H23N5O/c25-19(23-17-6-5-14-3-1-4-15(14)13-17)22-16-7-11-24(12-8-16)18-20-9-2-10-21-18/h2,5-6,9-10,13,16H,1,3-4,7-8,11-12H2,(H2,22,23,25). The lowest BCUT2D eigenvalue weighted by Gasteiger charge is -2.32. The van der Waals surface area contributed by atoms with Crippen molar-refractivity contribution in [3.8, 4) is 0 Å². The van der Waals surface area contributed by atoms with Crippen LogP contribution in [0.25, 0.3) is 0 Å². The second kappa shape index (κ2) is 7.09. The third kappa shape index (κ3) is 3.73. The van der Waals surface area contributed by atoms with Gasteiger partial charge in [0, 0.05) is 37.2 Å². The summed E-state index contributed by atoms with van der Waals surface area (Å²) in [6, 6.07) is 8.13. The van der Waals surface area contributed by atoms with Gasteiger partial charge >= 0.3 is 6.03 Å². The first-order valence-corrected chi connectivity index (χ1v) is 8.99. The Morgan fingerprint density at radius 1 is 1.08 bits per heavy atom. The number of rotatable bonds is 3. The van der Waals surface area contributed by atoms with Gasteiger partial charge in [-0.3, -0.25) is 0 Å². The average molecular weight is 337 g/mol. The highest BCUT2D eigenvalue weighted by Gasteiger charge is 2.22. The minimum Gasteiger partial charge on any atom is -0.341 e. The molecule has 2 amide bonds. The van der Waals surface area contributed by atoms with Crippen molar-refractivity contribution < 1.29 is 4.79 Å². The molecule has 6 heteroatoms. The largest absolute Gasteiger partial charge is 0.341 e. The number of urea groups is 1. The minimum absolute atomic E-state index is 0.118. The Hall–Kier alpha value is -2.63. The Labute approximate surface area is 147 Å². The van der Waals surface area contributed by atoms with Gasteiger partial charge in [-0.2, -0.15) is 0 Å². The number of fused-ring (bicyclic) bond motifs is 1. The zero-order valence-corrected chi connectivity index (χ0v) is 14.2. The molecule has 1 saturated heterocycles. The molecule has 25 heavy (non-hydrogen) atoms. The number of carbonyl (C=O) groups is 1. The van der Waals surface area contributed by atoms with E-state index in [1.165, 1.54) is 17.5 Å². The van der Waals surface area contributed by atoms with Crippen LogP contribution in [0, 0.1) is 0 Å². The molecule has 1 aliphatic heterocycles. The first kappa shape index (κ1) is 15.9. The number of carbonyl (C=O) groups excluding carboxylic acids is 1. The van der Waals surface area contributed by atoms with Crippen LogP contribution in [0.2, 0.25) is 0 Å². The van der Waals surface area contributed by atoms with Gasteiger partial charge in [-0.15, -0.1) is 0 Å². The van der Waals surface area contributed by atoms with Crippen molar-refractivity contribution in [2.75, 3.05) is 23.3 Å². The van der Waals surface area contributed by atoms with E-state index in [0.29, 0.717) is 0 Å². The number of hydrogen-bond acceptors (Lipinski definition) is 4. The molecule has 0 spiro atoms. The number of hydrogen-bond donors (Lipinski definition) is 2. The van der Waals surface area contributed by atoms with E-state index in [2.05, 4.69) is 37.6 Å². The summed E-state index contributed by atoms with van der Waals surface area (Å²) in [7, 11) is 0. The quantitative estimate of drug-likeness (QED) is 0.903. The summed E-state index contributed by atoms with van der Waals surface area (Å²) in [5.74, 6) is 0.767. The molecule has 0 bridgehead atoms. The molecule has 0 saturated carbocycles. The molecule has 130 valence electrons. The number of aromatic nitrogens is 2. The summed E-state index contributed by atoms with van der Waals surface area (Å²) in [6.07, 6.45) is 8.81. The van der Waals surface area contributed by atoms with E-state index >= 15 is 0 Å². The molecule has 4 rings (SSSR count). The van der Waals surface area contributed by atoms with Crippen LogP contribution < -0.4 is 15.5 Å². The number of anilines is 2. The smallest absolute Gasteiger partial charge is 0.319 e. The van der Waals surface area contributed by atoms with E-state index in [1.54, 1.807) is 12.4 Å². The number of piperidine rings is 1. The minimum atomic E-state index is -0.118. The lowest BCUT2D eigenvalue weighted by atomic mass is 10.1. The van der Waals surface area contributed by atoms with Crippen molar-refractivity contribution in [3.63, 3.8) is 0 Å². The molecule has 2 aliphatic rings. The predicted molar refractivity (Wildman–Crippen MR) is 97.9 cm³/mol. The molecule has 6 nitrogen and oxygen atoms in total. The number of nitrogens with one attached hydrogen (secondary N) is 2. The average Bonchev–Trinajstić information content (AvgIpc) is 3.11. The molecule has 1 aromatic heterocycles. The molecule has 2 aromatic rings. The van der Waals surface area contributed by atoms with Crippen LogP contribution in [0.5, 0.6) is 0 Å². The summed E-state index contributed by atoms with van der Waals surface area (Å²) in [5.41, 5.74) is 3.67. The first-order chi connectivity index (χ1) is 12.3. The number of benzene rings is 1. The third-order valence-corrected chi connectivity index (χ3v) is 5.02. The van der Waals surface area contributed by atoms with E-state index in [-0.39, 0.29) is 12.1 Å². The van der Waals surface area contributed by atoms with E-state index in [1.807, 2.05) is 12.1 Å². The zero-order chi connectivity index (χ0) is 17.1. The summed E-state index contributed by atoms with van der Waals surface area (Å²) in [4.78, 5) is 23.0. The Kier molecular flexibility index (Phi) is 4.50. The zero-order valence-electron chi connectivity index (χ0n) is 14.2. The number of amides is 2. The fourth-order valence-corrected chi connectivity index (χ4v) is 3.68. The van der Waals surface area contributed by atoms with E-state index in [9.17, 15) is 4.79 Å². The maximum atomic E-state index is 12.3. The van der Waals surface area contributed by atoms with Crippen molar-refractivity contribution in [1.29, 1.82) is 0 Å². The topological polar surface area (TPSA) is 70.2 Å². The van der Waals surface area contributed by atoms with Gasteiger partial charge in [0.25, 0.3) is 0 Å². The van der Waals surface area contributed by atoms with E-state index in [0.717, 1.165) is 50.4 Å². The van der Waals surface area contributed by atoms with Crippen molar-refractivity contribution in [1.82, 2.24) is 15.3 Å². The van der Waals surface area contributed by atoms with E-state index < -0.39 is 0 Å². The van der Waals surface area contributed by atoms with Gasteiger partial charge in [0.2, 0.25) is 5.95 Å². The Morgan fingerprint density at radius 2 is 1.84 bits per heavy atom. The van der Waals surface area contributed by atoms with Crippen molar-refractivity contribution in [2.45, 2.75) is 38.1 Å². The molecular formula is C19H23N5O. The van der Waals surface area contributed by atoms with Gasteiger partial charge in [-0.25, -0.2) is 14.8 Å². The van der Waals surface area contributed by atoms with Crippen molar-refractivity contribution in [3.05, 3.63) is 47.8 Å². The van der Waals surface area contributed by atoms with Gasteiger partial charge in [-0.05, 0) is 61.4 Å². The molecule has 0 radical (unpaired) electrons. The normalized spacial score (nSPS) is 17.2. The Morgan fingerprint density at radius 3 is 2.64 bits per heavy atom. The highest BCUT2D eigenvalue weighted by molar-refractivity contribution is 5.89. The molecule has 2 N–H and O–H groups in total. The summed E-state index contributed by atoms with van der Waals surface area (Å²) in [6.45, 7) is 1.71. The lowest BCUT2D eigenvalue weighted by Crippen LogP contribution is -2.46. The van der Waals surface area contributed by atoms with Crippen LogP contribution in [-0.2, 0) is 12.8 Å². The number of aryl methyl sites for hydroxylation is 2. The lowest BCUT2D eigenvalue weighted by molar-refractivity contribution is 0.246. The molecule has 0 atom stereocenters. The van der Waals surface area contributed by atoms with Crippen LogP contribution in [0.3, 0.4) is 0 Å². The highest BCUT2D eigenvalue weighted by Crippen LogP contribution is 2.25. The maximum absolute atomic E-state index is 12.3. The summed E-state index contributed by atoms with van der Waals surface area (Å²) < 4.78 is 0. The van der Waals surface area contributed by atoms with Gasteiger partial charge in [-0.1, -0.05) is 6.07 Å². The van der Waals surface area contributed by atoms with E-state index in [4.69, 9.17) is 0 Å². The van der Waals surface area contributed by atoms with Crippen LogP contribution in [0.15, 0.2) is 36.7 Å². The fraction of sp³-hybridized carbons (Fsp3) is 0.421. The fourth-order valence-electron chi connectivity index (χ4n) is 3.68. The highest BCUT2D eigenvalue weighted by atomic mass is 16.2. The summed E-state index contributed by atoms with van der Waals surface area (Å²) >= 11 is 0. The van der Waals surface area contributed by atoms with Crippen LogP contribution in [0.4, 0.5) is 16.4 Å². The number of nitrogens with zero attached hydrogens (tertiary/aromatic N) is 3. The van der Waals surface area contributed by atoms with Crippen LogP contribution in [-0.4, -0.2) is 35.1 Å². The second-order valence-electron chi connectivity index (χ2n) is 6.75. The Balaban J connectivity index is 1.28. The SMILES string of the molecule is O=C(Nc1ccc2c(c1)CCC2)NC1CCN(c2ncccn2)CC1. The second-order valence-corrected chi connectivity index (χ2v) is 6.75. The molecule has 1 aromatic carbocycles. The molecule has 1 aliphatic carbocycles. The van der Waals surface area contributed by atoms with Gasteiger partial charge < -0.3 is 15.5 Å². The van der Waals surface area contributed by atoms with Crippen LogP contribution >= 0.6 is 0 Å². The summed E-state index contributed by atoms with van der Waals surface area (Å²) in [5, 5.41) is 6.06. The molecular weight excluding hydrogens is 314 g/mol.